The molecule has 6 heteroatoms. The molecule has 1 N–H and O–H groups in total. The lowest BCUT2D eigenvalue weighted by atomic mass is 10.1. The molecule has 2 aromatic carbocycles. The number of nitrogens with zero attached hydrogens (tertiary/aromatic N) is 2. The Kier molecular flexibility index (Phi) is 5.30. The number of carbonyl (C=O) groups excluding carboxylic acids is 1. The van der Waals surface area contributed by atoms with Gasteiger partial charge in [0.25, 0.3) is 5.91 Å². The average Bonchev–Trinajstić information content (AvgIpc) is 2.74. The van der Waals surface area contributed by atoms with Crippen LogP contribution < -0.4 is 5.32 Å². The van der Waals surface area contributed by atoms with E-state index in [4.69, 9.17) is 0 Å². The zero-order valence-electron chi connectivity index (χ0n) is 14.8. The zero-order valence-corrected chi connectivity index (χ0v) is 15.6. The maximum atomic E-state index is 13.1. The van der Waals surface area contributed by atoms with Crippen LogP contribution in [-0.2, 0) is 6.54 Å². The average molecular weight is 389 g/mol. The van der Waals surface area contributed by atoms with E-state index in [1.54, 1.807) is 30.6 Å². The molecule has 0 aliphatic carbocycles. The number of aromatic nitrogens is 2. The number of carbonyl (C=O) groups is 1. The first-order valence-electron chi connectivity index (χ1n) is 8.69. The Labute approximate surface area is 165 Å². The summed E-state index contributed by atoms with van der Waals surface area (Å²) in [7, 11) is 0. The van der Waals surface area contributed by atoms with E-state index in [9.17, 15) is 9.18 Å². The number of fused-ring (bicyclic) bond motifs is 1. The van der Waals surface area contributed by atoms with E-state index in [2.05, 4.69) is 15.3 Å². The molecular formula is C22H16FN3OS. The van der Waals surface area contributed by atoms with Crippen LogP contribution >= 0.6 is 11.8 Å². The van der Waals surface area contributed by atoms with Gasteiger partial charge in [-0.2, -0.15) is 0 Å². The number of rotatable bonds is 5. The van der Waals surface area contributed by atoms with Gasteiger partial charge in [-0.05, 0) is 48.0 Å². The van der Waals surface area contributed by atoms with Crippen LogP contribution in [0.25, 0.3) is 10.9 Å². The Balaban J connectivity index is 1.64. The van der Waals surface area contributed by atoms with E-state index < -0.39 is 0 Å². The van der Waals surface area contributed by atoms with Crippen molar-refractivity contribution in [3.05, 3.63) is 96.1 Å². The van der Waals surface area contributed by atoms with Gasteiger partial charge in [0.05, 0.1) is 11.1 Å². The Hall–Kier alpha value is -3.25. The second kappa shape index (κ2) is 8.19. The van der Waals surface area contributed by atoms with Crippen molar-refractivity contribution in [3.63, 3.8) is 0 Å². The summed E-state index contributed by atoms with van der Waals surface area (Å²) in [6, 6.07) is 19.3. The van der Waals surface area contributed by atoms with Crippen molar-refractivity contribution >= 4 is 28.6 Å². The normalized spacial score (nSPS) is 10.8. The predicted octanol–water partition coefficient (Wildman–Crippen LogP) is 4.85. The van der Waals surface area contributed by atoms with Gasteiger partial charge in [0.15, 0.2) is 0 Å². The SMILES string of the molecule is O=C(NCc1cccnc1)c1cc(Sc2ccc(F)cc2)nc2ccccc12. The van der Waals surface area contributed by atoms with Crippen molar-refractivity contribution in [1.29, 1.82) is 0 Å². The molecule has 28 heavy (non-hydrogen) atoms. The van der Waals surface area contributed by atoms with Gasteiger partial charge in [0.1, 0.15) is 10.8 Å². The van der Waals surface area contributed by atoms with Crippen LogP contribution in [0.1, 0.15) is 15.9 Å². The molecule has 4 nitrogen and oxygen atoms in total. The molecule has 1 amide bonds. The molecule has 0 radical (unpaired) electrons. The predicted molar refractivity (Wildman–Crippen MR) is 108 cm³/mol. The smallest absolute Gasteiger partial charge is 0.252 e. The number of nitrogens with one attached hydrogen (secondary N) is 1. The number of halogens is 1. The Bertz CT molecular complexity index is 1120. The molecule has 0 fully saturated rings. The van der Waals surface area contributed by atoms with Gasteiger partial charge in [-0.1, -0.05) is 36.0 Å². The highest BCUT2D eigenvalue weighted by atomic mass is 32.2. The molecule has 0 saturated heterocycles. The van der Waals surface area contributed by atoms with E-state index in [0.717, 1.165) is 21.4 Å². The van der Waals surface area contributed by atoms with Crippen LogP contribution in [0.3, 0.4) is 0 Å². The molecule has 0 saturated carbocycles. The fourth-order valence-corrected chi connectivity index (χ4v) is 3.63. The summed E-state index contributed by atoms with van der Waals surface area (Å²) in [5, 5.41) is 4.40. The summed E-state index contributed by atoms with van der Waals surface area (Å²) in [6.07, 6.45) is 3.42. The van der Waals surface area contributed by atoms with Crippen molar-refractivity contribution < 1.29 is 9.18 Å². The first kappa shape index (κ1) is 18.1. The molecule has 4 rings (SSSR count). The van der Waals surface area contributed by atoms with Gasteiger partial charge in [-0.3, -0.25) is 9.78 Å². The molecule has 2 heterocycles. The number of pyridine rings is 2. The third kappa shape index (κ3) is 4.18. The Morgan fingerprint density at radius 3 is 2.64 bits per heavy atom. The van der Waals surface area contributed by atoms with E-state index in [1.165, 1.54) is 23.9 Å². The molecular weight excluding hydrogens is 373 g/mol. The minimum atomic E-state index is -0.286. The first-order valence-corrected chi connectivity index (χ1v) is 9.51. The van der Waals surface area contributed by atoms with Gasteiger partial charge < -0.3 is 5.32 Å². The van der Waals surface area contributed by atoms with Crippen molar-refractivity contribution in [2.45, 2.75) is 16.5 Å². The van der Waals surface area contributed by atoms with Crippen molar-refractivity contribution in [3.8, 4) is 0 Å². The topological polar surface area (TPSA) is 54.9 Å². The highest BCUT2D eigenvalue weighted by Gasteiger charge is 2.13. The van der Waals surface area contributed by atoms with Crippen LogP contribution in [0, 0.1) is 5.82 Å². The maximum absolute atomic E-state index is 13.1. The molecule has 0 spiro atoms. The second-order valence-corrected chi connectivity index (χ2v) is 7.22. The largest absolute Gasteiger partial charge is 0.348 e. The quantitative estimate of drug-likeness (QED) is 0.530. The molecule has 138 valence electrons. The lowest BCUT2D eigenvalue weighted by Crippen LogP contribution is -2.23. The summed E-state index contributed by atoms with van der Waals surface area (Å²) < 4.78 is 13.1. The van der Waals surface area contributed by atoms with Crippen molar-refractivity contribution in [1.82, 2.24) is 15.3 Å². The summed E-state index contributed by atoms with van der Waals surface area (Å²) in [6.45, 7) is 0.393. The van der Waals surface area contributed by atoms with E-state index in [-0.39, 0.29) is 11.7 Å². The minimum absolute atomic E-state index is 0.177. The van der Waals surface area contributed by atoms with E-state index in [1.807, 2.05) is 36.4 Å². The van der Waals surface area contributed by atoms with E-state index in [0.29, 0.717) is 17.1 Å². The van der Waals surface area contributed by atoms with Crippen LogP contribution in [0.4, 0.5) is 4.39 Å². The lowest BCUT2D eigenvalue weighted by molar-refractivity contribution is 0.0952. The van der Waals surface area contributed by atoms with Crippen LogP contribution in [0.2, 0.25) is 0 Å². The molecule has 0 aliphatic heterocycles. The number of amides is 1. The third-order valence-electron chi connectivity index (χ3n) is 4.15. The Morgan fingerprint density at radius 2 is 1.86 bits per heavy atom. The first-order chi connectivity index (χ1) is 13.7. The highest BCUT2D eigenvalue weighted by molar-refractivity contribution is 7.99. The number of hydrogen-bond acceptors (Lipinski definition) is 4. The molecule has 4 aromatic rings. The Morgan fingerprint density at radius 1 is 1.04 bits per heavy atom. The van der Waals surface area contributed by atoms with Crippen LogP contribution in [0.15, 0.2) is 89.0 Å². The molecule has 0 aliphatic rings. The molecule has 0 atom stereocenters. The minimum Gasteiger partial charge on any atom is -0.348 e. The van der Waals surface area contributed by atoms with Gasteiger partial charge in [-0.15, -0.1) is 0 Å². The number of benzene rings is 2. The number of para-hydroxylation sites is 1. The molecule has 0 unspecified atom stereocenters. The van der Waals surface area contributed by atoms with Gasteiger partial charge >= 0.3 is 0 Å². The van der Waals surface area contributed by atoms with Crippen LogP contribution in [-0.4, -0.2) is 15.9 Å². The zero-order chi connectivity index (χ0) is 19.3. The van der Waals surface area contributed by atoms with Gasteiger partial charge in [-0.25, -0.2) is 9.37 Å². The maximum Gasteiger partial charge on any atom is 0.252 e. The summed E-state index contributed by atoms with van der Waals surface area (Å²) in [5.74, 6) is -0.463. The van der Waals surface area contributed by atoms with Gasteiger partial charge in [0, 0.05) is 29.2 Å². The fourth-order valence-electron chi connectivity index (χ4n) is 2.79. The lowest BCUT2D eigenvalue weighted by Gasteiger charge is -2.10. The van der Waals surface area contributed by atoms with E-state index >= 15 is 0 Å². The third-order valence-corrected chi connectivity index (χ3v) is 5.08. The highest BCUT2D eigenvalue weighted by Crippen LogP contribution is 2.30. The standard InChI is InChI=1S/C22H16FN3OS/c23-16-7-9-17(10-8-16)28-21-12-19(18-5-1-2-6-20(18)26-21)22(27)25-14-15-4-3-11-24-13-15/h1-13H,14H2,(H,25,27). The summed E-state index contributed by atoms with van der Waals surface area (Å²) >= 11 is 1.39. The fraction of sp³-hybridized carbons (Fsp3) is 0.0455. The summed E-state index contributed by atoms with van der Waals surface area (Å²) in [5.41, 5.74) is 2.22. The summed E-state index contributed by atoms with van der Waals surface area (Å²) in [4.78, 5) is 22.4. The van der Waals surface area contributed by atoms with Crippen molar-refractivity contribution in [2.24, 2.45) is 0 Å². The van der Waals surface area contributed by atoms with Crippen molar-refractivity contribution in [2.75, 3.05) is 0 Å². The molecule has 2 aromatic heterocycles. The monoisotopic (exact) mass is 389 g/mol. The molecule has 0 bridgehead atoms. The number of hydrogen-bond donors (Lipinski definition) is 1. The van der Waals surface area contributed by atoms with Crippen LogP contribution in [0.5, 0.6) is 0 Å². The van der Waals surface area contributed by atoms with Gasteiger partial charge in [0.2, 0.25) is 0 Å². The second-order valence-electron chi connectivity index (χ2n) is 6.13.